The first-order chi connectivity index (χ1) is 9.61. The number of aromatic nitrogens is 2. The molecule has 1 saturated carbocycles. The minimum absolute atomic E-state index is 0.361. The van der Waals surface area contributed by atoms with Gasteiger partial charge in [-0.2, -0.15) is 0 Å². The van der Waals surface area contributed by atoms with Gasteiger partial charge in [-0.3, -0.25) is 0 Å². The maximum atomic E-state index is 5.82. The zero-order valence-electron chi connectivity index (χ0n) is 13.1. The van der Waals surface area contributed by atoms with Crippen molar-refractivity contribution in [2.75, 3.05) is 18.0 Å². The van der Waals surface area contributed by atoms with Crippen molar-refractivity contribution in [2.24, 2.45) is 5.73 Å². The highest BCUT2D eigenvalue weighted by molar-refractivity contribution is 5.41. The lowest BCUT2D eigenvalue weighted by Gasteiger charge is -2.35. The molecule has 1 aliphatic carbocycles. The normalized spacial score (nSPS) is 16.6. The molecule has 0 saturated heterocycles. The van der Waals surface area contributed by atoms with Crippen LogP contribution in [0.25, 0.3) is 0 Å². The summed E-state index contributed by atoms with van der Waals surface area (Å²) in [6.45, 7) is 7.91. The molecule has 20 heavy (non-hydrogen) atoms. The number of hydrogen-bond donors (Lipinski definition) is 1. The minimum Gasteiger partial charge on any atom is -0.352 e. The summed E-state index contributed by atoms with van der Waals surface area (Å²) >= 11 is 0. The highest BCUT2D eigenvalue weighted by atomic mass is 15.2. The van der Waals surface area contributed by atoms with Gasteiger partial charge in [-0.15, -0.1) is 0 Å². The van der Waals surface area contributed by atoms with Crippen molar-refractivity contribution in [3.8, 4) is 0 Å². The Morgan fingerprint density at radius 2 is 1.95 bits per heavy atom. The Kier molecular flexibility index (Phi) is 5.35. The van der Waals surface area contributed by atoms with Crippen LogP contribution in [0.1, 0.15) is 63.4 Å². The zero-order chi connectivity index (χ0) is 14.5. The number of nitrogens with zero attached hydrogens (tertiary/aromatic N) is 3. The molecule has 1 aromatic heterocycles. The monoisotopic (exact) mass is 276 g/mol. The van der Waals surface area contributed by atoms with Crippen molar-refractivity contribution in [2.45, 2.75) is 64.8 Å². The fourth-order valence-electron chi connectivity index (χ4n) is 3.00. The SMILES string of the molecule is Cc1cc(N(CCN)C2CCCCC2)nc(C(C)C)n1. The first kappa shape index (κ1) is 15.2. The van der Waals surface area contributed by atoms with Crippen LogP contribution >= 0.6 is 0 Å². The van der Waals surface area contributed by atoms with E-state index < -0.39 is 0 Å². The second kappa shape index (κ2) is 7.02. The minimum atomic E-state index is 0.361. The Hall–Kier alpha value is -1.16. The summed E-state index contributed by atoms with van der Waals surface area (Å²) in [5.41, 5.74) is 6.88. The average Bonchev–Trinajstić information content (AvgIpc) is 2.45. The molecule has 4 heteroatoms. The summed E-state index contributed by atoms with van der Waals surface area (Å²) in [6, 6.07) is 2.71. The number of aryl methyl sites for hydroxylation is 1. The van der Waals surface area contributed by atoms with Crippen LogP contribution < -0.4 is 10.6 Å². The van der Waals surface area contributed by atoms with Crippen molar-refractivity contribution in [3.05, 3.63) is 17.6 Å². The third-order valence-electron chi connectivity index (χ3n) is 4.05. The van der Waals surface area contributed by atoms with Gasteiger partial charge in [-0.1, -0.05) is 33.1 Å². The van der Waals surface area contributed by atoms with E-state index in [2.05, 4.69) is 36.7 Å². The van der Waals surface area contributed by atoms with Crippen LogP contribution in [0, 0.1) is 6.92 Å². The second-order valence-corrected chi connectivity index (χ2v) is 6.15. The topological polar surface area (TPSA) is 55.0 Å². The third kappa shape index (κ3) is 3.69. The smallest absolute Gasteiger partial charge is 0.133 e. The zero-order valence-corrected chi connectivity index (χ0v) is 13.1. The van der Waals surface area contributed by atoms with E-state index in [1.165, 1.54) is 32.1 Å². The van der Waals surface area contributed by atoms with E-state index in [1.807, 2.05) is 0 Å². The maximum Gasteiger partial charge on any atom is 0.133 e. The lowest BCUT2D eigenvalue weighted by atomic mass is 9.94. The molecule has 0 spiro atoms. The van der Waals surface area contributed by atoms with Crippen molar-refractivity contribution in [1.29, 1.82) is 0 Å². The Bertz CT molecular complexity index is 424. The summed E-state index contributed by atoms with van der Waals surface area (Å²) in [4.78, 5) is 11.8. The Labute approximate surface area is 122 Å². The predicted molar refractivity (Wildman–Crippen MR) is 84.1 cm³/mol. The van der Waals surface area contributed by atoms with Crippen molar-refractivity contribution in [3.63, 3.8) is 0 Å². The van der Waals surface area contributed by atoms with Crippen LogP contribution in [0.3, 0.4) is 0 Å². The van der Waals surface area contributed by atoms with Gasteiger partial charge in [-0.25, -0.2) is 9.97 Å². The fraction of sp³-hybridized carbons (Fsp3) is 0.750. The molecule has 2 N–H and O–H groups in total. The van der Waals surface area contributed by atoms with E-state index in [4.69, 9.17) is 10.7 Å². The van der Waals surface area contributed by atoms with E-state index in [0.29, 0.717) is 18.5 Å². The highest BCUT2D eigenvalue weighted by Gasteiger charge is 2.22. The molecule has 1 heterocycles. The van der Waals surface area contributed by atoms with Crippen LogP contribution in [-0.2, 0) is 0 Å². The number of anilines is 1. The quantitative estimate of drug-likeness (QED) is 0.898. The van der Waals surface area contributed by atoms with Gasteiger partial charge in [0, 0.05) is 36.8 Å². The van der Waals surface area contributed by atoms with Crippen molar-refractivity contribution >= 4 is 5.82 Å². The first-order valence-corrected chi connectivity index (χ1v) is 7.94. The Balaban J connectivity index is 2.27. The van der Waals surface area contributed by atoms with E-state index in [-0.39, 0.29) is 0 Å². The summed E-state index contributed by atoms with van der Waals surface area (Å²) < 4.78 is 0. The van der Waals surface area contributed by atoms with E-state index in [1.54, 1.807) is 0 Å². The molecule has 0 unspecified atom stereocenters. The average molecular weight is 276 g/mol. The highest BCUT2D eigenvalue weighted by Crippen LogP contribution is 2.27. The van der Waals surface area contributed by atoms with Crippen molar-refractivity contribution < 1.29 is 0 Å². The Morgan fingerprint density at radius 3 is 2.55 bits per heavy atom. The summed E-state index contributed by atoms with van der Waals surface area (Å²) in [5, 5.41) is 0. The van der Waals surface area contributed by atoms with E-state index in [9.17, 15) is 0 Å². The largest absolute Gasteiger partial charge is 0.352 e. The molecule has 0 amide bonds. The van der Waals surface area contributed by atoms with Crippen molar-refractivity contribution in [1.82, 2.24) is 9.97 Å². The van der Waals surface area contributed by atoms with Gasteiger partial charge in [0.1, 0.15) is 11.6 Å². The standard InChI is InChI=1S/C16H28N4/c1-12(2)16-18-13(3)11-15(19-16)20(10-9-17)14-7-5-4-6-8-14/h11-12,14H,4-10,17H2,1-3H3. The van der Waals surface area contributed by atoms with Gasteiger partial charge >= 0.3 is 0 Å². The van der Waals surface area contributed by atoms with Crippen LogP contribution in [0.5, 0.6) is 0 Å². The number of nitrogens with two attached hydrogens (primary N) is 1. The van der Waals surface area contributed by atoms with Gasteiger partial charge in [-0.05, 0) is 19.8 Å². The maximum absolute atomic E-state index is 5.82. The summed E-state index contributed by atoms with van der Waals surface area (Å²) in [7, 11) is 0. The molecule has 1 fully saturated rings. The molecule has 0 bridgehead atoms. The summed E-state index contributed by atoms with van der Waals surface area (Å²) in [5.74, 6) is 2.37. The van der Waals surface area contributed by atoms with Gasteiger partial charge in [0.05, 0.1) is 0 Å². The van der Waals surface area contributed by atoms with Crippen LogP contribution in [0.15, 0.2) is 6.07 Å². The fourth-order valence-corrected chi connectivity index (χ4v) is 3.00. The van der Waals surface area contributed by atoms with Gasteiger partial charge in [0.25, 0.3) is 0 Å². The molecule has 1 aliphatic rings. The Morgan fingerprint density at radius 1 is 1.25 bits per heavy atom. The molecule has 1 aromatic rings. The number of hydrogen-bond acceptors (Lipinski definition) is 4. The van der Waals surface area contributed by atoms with Gasteiger partial charge < -0.3 is 10.6 Å². The molecule has 2 rings (SSSR count). The summed E-state index contributed by atoms with van der Waals surface area (Å²) in [6.07, 6.45) is 6.55. The van der Waals surface area contributed by atoms with Crippen LogP contribution in [-0.4, -0.2) is 29.1 Å². The molecule has 112 valence electrons. The first-order valence-electron chi connectivity index (χ1n) is 7.94. The van der Waals surface area contributed by atoms with Gasteiger partial charge in [0.2, 0.25) is 0 Å². The lowest BCUT2D eigenvalue weighted by molar-refractivity contribution is 0.413. The second-order valence-electron chi connectivity index (χ2n) is 6.15. The predicted octanol–water partition coefficient (Wildman–Crippen LogP) is 3.01. The van der Waals surface area contributed by atoms with Gasteiger partial charge in [0.15, 0.2) is 0 Å². The number of rotatable bonds is 5. The molecule has 0 atom stereocenters. The lowest BCUT2D eigenvalue weighted by Crippen LogP contribution is -2.41. The molecule has 0 aromatic carbocycles. The molecule has 0 radical (unpaired) electrons. The molecular formula is C16H28N4. The molecule has 4 nitrogen and oxygen atoms in total. The van der Waals surface area contributed by atoms with E-state index >= 15 is 0 Å². The molecule has 0 aliphatic heterocycles. The van der Waals surface area contributed by atoms with Crippen LogP contribution in [0.2, 0.25) is 0 Å². The third-order valence-corrected chi connectivity index (χ3v) is 4.05. The van der Waals surface area contributed by atoms with E-state index in [0.717, 1.165) is 23.9 Å². The van der Waals surface area contributed by atoms with Crippen LogP contribution in [0.4, 0.5) is 5.82 Å². The molecular weight excluding hydrogens is 248 g/mol.